The predicted molar refractivity (Wildman–Crippen MR) is 146 cm³/mol. The fourth-order valence-electron chi connectivity index (χ4n) is 4.73. The number of rotatable bonds is 6. The molecular weight excluding hydrogens is 504 g/mol. The van der Waals surface area contributed by atoms with Gasteiger partial charge in [0.2, 0.25) is 0 Å². The first-order chi connectivity index (χ1) is 18.3. The SMILES string of the molecule is COc1ccc(C(O)=C2C(=O)C(=O)N(c3nc4c(C)cc(C)cc4s3)[C@@H]2c2ccc(OC)c(OC)c2)cc1. The number of hydrogen-bond donors (Lipinski definition) is 1. The minimum atomic E-state index is -0.945. The maximum absolute atomic E-state index is 13.6. The Labute approximate surface area is 223 Å². The molecule has 1 amide bonds. The lowest BCUT2D eigenvalue weighted by molar-refractivity contribution is -0.132. The molecule has 1 N–H and O–H groups in total. The van der Waals surface area contributed by atoms with Gasteiger partial charge in [0, 0.05) is 5.56 Å². The Hall–Kier alpha value is -4.37. The number of anilines is 1. The molecule has 1 aromatic heterocycles. The molecule has 194 valence electrons. The van der Waals surface area contributed by atoms with Crippen molar-refractivity contribution in [2.75, 3.05) is 26.2 Å². The van der Waals surface area contributed by atoms with E-state index in [-0.39, 0.29) is 11.3 Å². The number of aliphatic hydroxyl groups is 1. The van der Waals surface area contributed by atoms with Crippen LogP contribution in [0.4, 0.5) is 5.13 Å². The van der Waals surface area contributed by atoms with Crippen LogP contribution in [-0.4, -0.2) is 43.1 Å². The molecule has 0 unspecified atom stereocenters. The number of carbonyl (C=O) groups excluding carboxylic acids is 2. The Morgan fingerprint density at radius 1 is 0.921 bits per heavy atom. The van der Waals surface area contributed by atoms with E-state index in [1.807, 2.05) is 26.0 Å². The Balaban J connectivity index is 1.75. The highest BCUT2D eigenvalue weighted by Crippen LogP contribution is 2.46. The number of ether oxygens (including phenoxy) is 3. The van der Waals surface area contributed by atoms with Crippen LogP contribution < -0.4 is 19.1 Å². The van der Waals surface area contributed by atoms with E-state index in [1.54, 1.807) is 49.6 Å². The van der Waals surface area contributed by atoms with Gasteiger partial charge in [-0.25, -0.2) is 4.98 Å². The fourth-order valence-corrected chi connectivity index (χ4v) is 5.90. The number of benzene rings is 3. The summed E-state index contributed by atoms with van der Waals surface area (Å²) in [7, 11) is 4.58. The van der Waals surface area contributed by atoms with Crippen LogP contribution in [-0.2, 0) is 9.59 Å². The Kier molecular flexibility index (Phi) is 6.54. The molecule has 1 atom stereocenters. The first-order valence-electron chi connectivity index (χ1n) is 11.8. The largest absolute Gasteiger partial charge is 0.507 e. The smallest absolute Gasteiger partial charge is 0.301 e. The molecule has 0 saturated carbocycles. The van der Waals surface area contributed by atoms with E-state index in [1.165, 1.54) is 30.5 Å². The quantitative estimate of drug-likeness (QED) is 0.198. The van der Waals surface area contributed by atoms with Crippen molar-refractivity contribution in [2.24, 2.45) is 0 Å². The van der Waals surface area contributed by atoms with E-state index in [9.17, 15) is 14.7 Å². The molecule has 4 aromatic rings. The van der Waals surface area contributed by atoms with Gasteiger partial charge < -0.3 is 19.3 Å². The number of carbonyl (C=O) groups is 2. The monoisotopic (exact) mass is 530 g/mol. The van der Waals surface area contributed by atoms with Crippen LogP contribution in [0.1, 0.15) is 28.3 Å². The third-order valence-corrected chi connectivity index (χ3v) is 7.56. The van der Waals surface area contributed by atoms with Crippen LogP contribution in [0, 0.1) is 13.8 Å². The maximum atomic E-state index is 13.6. The average Bonchev–Trinajstić information content (AvgIpc) is 3.46. The second-order valence-electron chi connectivity index (χ2n) is 8.94. The summed E-state index contributed by atoms with van der Waals surface area (Å²) in [6.07, 6.45) is 0. The van der Waals surface area contributed by atoms with Gasteiger partial charge in [-0.1, -0.05) is 23.5 Å². The van der Waals surface area contributed by atoms with E-state index in [2.05, 4.69) is 0 Å². The van der Waals surface area contributed by atoms with E-state index in [0.717, 1.165) is 21.3 Å². The average molecular weight is 531 g/mol. The summed E-state index contributed by atoms with van der Waals surface area (Å²) in [6, 6.07) is 14.9. The molecule has 1 saturated heterocycles. The maximum Gasteiger partial charge on any atom is 0.301 e. The van der Waals surface area contributed by atoms with Gasteiger partial charge in [0.15, 0.2) is 16.6 Å². The molecule has 38 heavy (non-hydrogen) atoms. The Morgan fingerprint density at radius 3 is 2.29 bits per heavy atom. The van der Waals surface area contributed by atoms with Crippen molar-refractivity contribution in [3.05, 3.63) is 82.4 Å². The van der Waals surface area contributed by atoms with Crippen molar-refractivity contribution >= 4 is 44.1 Å². The van der Waals surface area contributed by atoms with Gasteiger partial charge >= 0.3 is 5.91 Å². The number of thiazole rings is 1. The Morgan fingerprint density at radius 2 is 1.63 bits per heavy atom. The van der Waals surface area contributed by atoms with Crippen molar-refractivity contribution in [1.82, 2.24) is 4.98 Å². The van der Waals surface area contributed by atoms with Crippen molar-refractivity contribution < 1.29 is 28.9 Å². The van der Waals surface area contributed by atoms with Gasteiger partial charge in [0.1, 0.15) is 11.5 Å². The number of fused-ring (bicyclic) bond motifs is 1. The number of aliphatic hydroxyl groups excluding tert-OH is 1. The number of nitrogens with zero attached hydrogens (tertiary/aromatic N) is 2. The molecule has 9 heteroatoms. The summed E-state index contributed by atoms with van der Waals surface area (Å²) in [5, 5.41) is 11.7. The van der Waals surface area contributed by atoms with Gasteiger partial charge in [-0.05, 0) is 73.0 Å². The molecule has 8 nitrogen and oxygen atoms in total. The number of Topliss-reactive ketones (excluding diaryl/α,β-unsaturated/α-hetero) is 1. The van der Waals surface area contributed by atoms with Crippen LogP contribution in [0.3, 0.4) is 0 Å². The van der Waals surface area contributed by atoms with Crippen LogP contribution >= 0.6 is 11.3 Å². The van der Waals surface area contributed by atoms with Gasteiger partial charge in [-0.3, -0.25) is 14.5 Å². The number of methoxy groups -OCH3 is 3. The Bertz CT molecular complexity index is 1610. The topological polar surface area (TPSA) is 98.2 Å². The third-order valence-electron chi connectivity index (χ3n) is 6.56. The molecular formula is C29H26N2O6S. The second kappa shape index (κ2) is 9.83. The lowest BCUT2D eigenvalue weighted by Gasteiger charge is -2.23. The van der Waals surface area contributed by atoms with Gasteiger partial charge in [0.25, 0.3) is 5.78 Å². The van der Waals surface area contributed by atoms with Crippen molar-refractivity contribution in [1.29, 1.82) is 0 Å². The van der Waals surface area contributed by atoms with Crippen molar-refractivity contribution in [3.8, 4) is 17.2 Å². The summed E-state index contributed by atoms with van der Waals surface area (Å²) >= 11 is 1.32. The number of aryl methyl sites for hydroxylation is 2. The van der Waals surface area contributed by atoms with E-state index in [0.29, 0.717) is 33.5 Å². The normalized spacial score (nSPS) is 16.8. The predicted octanol–water partition coefficient (Wildman–Crippen LogP) is 5.57. The number of ketones is 1. The molecule has 1 aliphatic rings. The van der Waals surface area contributed by atoms with Crippen molar-refractivity contribution in [2.45, 2.75) is 19.9 Å². The van der Waals surface area contributed by atoms with E-state index in [4.69, 9.17) is 19.2 Å². The molecule has 0 aliphatic carbocycles. The zero-order valence-corrected chi connectivity index (χ0v) is 22.4. The highest BCUT2D eigenvalue weighted by Gasteiger charge is 2.48. The number of hydrogen-bond acceptors (Lipinski definition) is 8. The minimum Gasteiger partial charge on any atom is -0.507 e. The summed E-state index contributed by atoms with van der Waals surface area (Å²) in [5.74, 6) is -0.344. The second-order valence-corrected chi connectivity index (χ2v) is 9.95. The summed E-state index contributed by atoms with van der Waals surface area (Å²) in [6.45, 7) is 3.96. The lowest BCUT2D eigenvalue weighted by atomic mass is 9.95. The highest BCUT2D eigenvalue weighted by molar-refractivity contribution is 7.22. The number of aromatic nitrogens is 1. The molecule has 5 rings (SSSR count). The molecule has 0 spiro atoms. The summed E-state index contributed by atoms with van der Waals surface area (Å²) in [5.41, 5.74) is 3.70. The lowest BCUT2D eigenvalue weighted by Crippen LogP contribution is -2.29. The summed E-state index contributed by atoms with van der Waals surface area (Å²) in [4.78, 5) is 33.2. The zero-order valence-electron chi connectivity index (χ0n) is 21.6. The first kappa shape index (κ1) is 25.3. The summed E-state index contributed by atoms with van der Waals surface area (Å²) < 4.78 is 17.0. The van der Waals surface area contributed by atoms with Gasteiger partial charge in [-0.2, -0.15) is 0 Å². The fraction of sp³-hybridized carbons (Fsp3) is 0.207. The van der Waals surface area contributed by atoms with Crippen molar-refractivity contribution in [3.63, 3.8) is 0 Å². The standard InChI is InChI=1S/C29H26N2O6S/c1-15-12-16(2)24-22(13-15)38-29(30-24)31-25(18-8-11-20(36-4)21(14-18)37-5)23(27(33)28(31)34)26(32)17-6-9-19(35-3)10-7-17/h6-14,25,32H,1-5H3/t25-/m1/s1. The highest BCUT2D eigenvalue weighted by atomic mass is 32.1. The zero-order chi connectivity index (χ0) is 27.1. The van der Waals surface area contributed by atoms with Gasteiger partial charge in [0.05, 0.1) is 43.2 Å². The van der Waals surface area contributed by atoms with Crippen LogP contribution in [0.25, 0.3) is 16.0 Å². The minimum absolute atomic E-state index is 0.0421. The number of amides is 1. The first-order valence-corrected chi connectivity index (χ1v) is 12.6. The third kappa shape index (κ3) is 4.14. The van der Waals surface area contributed by atoms with Crippen LogP contribution in [0.15, 0.2) is 60.2 Å². The molecule has 1 aliphatic heterocycles. The molecule has 0 radical (unpaired) electrons. The van der Waals surface area contributed by atoms with Crippen LogP contribution in [0.5, 0.6) is 17.2 Å². The van der Waals surface area contributed by atoms with E-state index >= 15 is 0 Å². The molecule has 2 heterocycles. The van der Waals surface area contributed by atoms with Crippen LogP contribution in [0.2, 0.25) is 0 Å². The molecule has 1 fully saturated rings. The molecule has 0 bridgehead atoms. The molecule has 3 aromatic carbocycles. The van der Waals surface area contributed by atoms with Gasteiger partial charge in [-0.15, -0.1) is 0 Å². The van der Waals surface area contributed by atoms with E-state index < -0.39 is 17.7 Å².